The fraction of sp³-hybridized carbons (Fsp3) is 0.286. The van der Waals surface area contributed by atoms with E-state index >= 15 is 0 Å². The van der Waals surface area contributed by atoms with Gasteiger partial charge in [-0.25, -0.2) is 8.78 Å². The van der Waals surface area contributed by atoms with Crippen molar-refractivity contribution in [1.29, 1.82) is 0 Å². The summed E-state index contributed by atoms with van der Waals surface area (Å²) in [6, 6.07) is 6.26. The predicted molar refractivity (Wildman–Crippen MR) is 86.2 cm³/mol. The van der Waals surface area contributed by atoms with Gasteiger partial charge in [-0.2, -0.15) is 0 Å². The van der Waals surface area contributed by atoms with Gasteiger partial charge in [0.2, 0.25) is 0 Å². The van der Waals surface area contributed by atoms with Gasteiger partial charge in [-0.05, 0) is 62.5 Å². The zero-order valence-electron chi connectivity index (χ0n) is 10.7. The lowest BCUT2D eigenvalue weighted by Gasteiger charge is -2.17. The summed E-state index contributed by atoms with van der Waals surface area (Å²) in [5.41, 5.74) is 0.386. The molecule has 2 aromatic rings. The van der Waals surface area contributed by atoms with E-state index in [0.29, 0.717) is 12.0 Å². The summed E-state index contributed by atoms with van der Waals surface area (Å²) in [7, 11) is 0. The molecule has 1 nitrogen and oxygen atoms in total. The van der Waals surface area contributed by atoms with Crippen molar-refractivity contribution in [2.24, 2.45) is 0 Å². The smallest absolute Gasteiger partial charge is 0.162 e. The first-order valence-corrected chi connectivity index (χ1v) is 8.54. The molecule has 108 valence electrons. The lowest BCUT2D eigenvalue weighted by Crippen LogP contribution is -2.22. The van der Waals surface area contributed by atoms with E-state index in [4.69, 9.17) is 0 Å². The fourth-order valence-electron chi connectivity index (χ4n) is 1.98. The maximum Gasteiger partial charge on any atom is 0.162 e. The second kappa shape index (κ2) is 7.11. The molecule has 0 fully saturated rings. The third-order valence-corrected chi connectivity index (χ3v) is 6.28. The minimum atomic E-state index is -0.800. The molecule has 6 heteroatoms. The van der Waals surface area contributed by atoms with Crippen LogP contribution in [-0.2, 0) is 6.42 Å². The molecule has 2 rings (SSSR count). The number of hydrogen-bond acceptors (Lipinski definition) is 2. The summed E-state index contributed by atoms with van der Waals surface area (Å²) >= 11 is 8.49. The highest BCUT2D eigenvalue weighted by Gasteiger charge is 2.18. The predicted octanol–water partition coefficient (Wildman–Crippen LogP) is 5.44. The molecule has 1 unspecified atom stereocenters. The van der Waals surface area contributed by atoms with Gasteiger partial charge >= 0.3 is 0 Å². The third kappa shape index (κ3) is 3.67. The Hall–Kier alpha value is -0.300. The molecular weight excluding hydrogens is 412 g/mol. The van der Waals surface area contributed by atoms with E-state index in [2.05, 4.69) is 37.2 Å². The highest BCUT2D eigenvalue weighted by atomic mass is 79.9. The monoisotopic (exact) mass is 423 g/mol. The van der Waals surface area contributed by atoms with Gasteiger partial charge in [0.1, 0.15) is 0 Å². The van der Waals surface area contributed by atoms with Crippen molar-refractivity contribution < 1.29 is 8.78 Å². The number of halogens is 4. The van der Waals surface area contributed by atoms with E-state index in [1.54, 1.807) is 17.4 Å². The van der Waals surface area contributed by atoms with Crippen LogP contribution in [0.2, 0.25) is 0 Å². The molecule has 0 radical (unpaired) electrons. The summed E-state index contributed by atoms with van der Waals surface area (Å²) < 4.78 is 29.0. The normalized spacial score (nSPS) is 12.7. The minimum absolute atomic E-state index is 0.0381. The van der Waals surface area contributed by atoms with Gasteiger partial charge in [0.15, 0.2) is 11.6 Å². The SMILES string of the molecule is CCNC(Cc1cccc(F)c1F)c1cc(Br)c(Br)s1. The quantitative estimate of drug-likeness (QED) is 0.673. The van der Waals surface area contributed by atoms with Gasteiger partial charge in [0.05, 0.1) is 3.79 Å². The number of likely N-dealkylation sites (N-methyl/N-ethyl adjacent to an activating group) is 1. The molecule has 0 spiro atoms. The Balaban J connectivity index is 2.27. The van der Waals surface area contributed by atoms with E-state index in [0.717, 1.165) is 25.7 Å². The lowest BCUT2D eigenvalue weighted by molar-refractivity contribution is 0.483. The number of thiophene rings is 1. The molecule has 0 saturated heterocycles. The van der Waals surface area contributed by atoms with Crippen LogP contribution in [0.25, 0.3) is 0 Å². The minimum Gasteiger partial charge on any atom is -0.309 e. The van der Waals surface area contributed by atoms with Gasteiger partial charge in [0, 0.05) is 15.4 Å². The molecule has 0 aliphatic carbocycles. The van der Waals surface area contributed by atoms with E-state index in [1.807, 2.05) is 13.0 Å². The molecule has 1 aromatic heterocycles. The summed E-state index contributed by atoms with van der Waals surface area (Å²) in [6.45, 7) is 2.75. The molecule has 1 atom stereocenters. The summed E-state index contributed by atoms with van der Waals surface area (Å²) in [4.78, 5) is 1.08. The highest BCUT2D eigenvalue weighted by Crippen LogP contribution is 2.36. The second-order valence-electron chi connectivity index (χ2n) is 4.30. The van der Waals surface area contributed by atoms with Gasteiger partial charge < -0.3 is 5.32 Å². The summed E-state index contributed by atoms with van der Waals surface area (Å²) in [5.74, 6) is -1.56. The van der Waals surface area contributed by atoms with Crippen LogP contribution >= 0.6 is 43.2 Å². The molecule has 0 aliphatic rings. The summed E-state index contributed by atoms with van der Waals surface area (Å²) in [5, 5.41) is 3.31. The zero-order chi connectivity index (χ0) is 14.7. The standard InChI is InChI=1S/C14H13Br2F2NS/c1-2-19-11(12-7-9(15)14(16)20-12)6-8-4-3-5-10(17)13(8)18/h3-5,7,11,19H,2,6H2,1H3. The van der Waals surface area contributed by atoms with E-state index in [1.165, 1.54) is 6.07 Å². The van der Waals surface area contributed by atoms with Crippen molar-refractivity contribution in [3.63, 3.8) is 0 Å². The van der Waals surface area contributed by atoms with E-state index < -0.39 is 11.6 Å². The number of rotatable bonds is 5. The Morgan fingerprint density at radius 2 is 2.05 bits per heavy atom. The molecule has 0 amide bonds. The van der Waals surface area contributed by atoms with Crippen LogP contribution in [-0.4, -0.2) is 6.54 Å². The van der Waals surface area contributed by atoms with Crippen LogP contribution in [0, 0.1) is 11.6 Å². The molecule has 1 aromatic carbocycles. The number of hydrogen-bond donors (Lipinski definition) is 1. The molecule has 20 heavy (non-hydrogen) atoms. The fourth-order valence-corrected chi connectivity index (χ4v) is 4.15. The first-order chi connectivity index (χ1) is 9.52. The van der Waals surface area contributed by atoms with Crippen LogP contribution in [0.5, 0.6) is 0 Å². The Morgan fingerprint density at radius 3 is 2.65 bits per heavy atom. The third-order valence-electron chi connectivity index (χ3n) is 2.91. The molecule has 1 heterocycles. The molecular formula is C14H13Br2F2NS. The van der Waals surface area contributed by atoms with Crippen molar-refractivity contribution in [1.82, 2.24) is 5.32 Å². The van der Waals surface area contributed by atoms with Gasteiger partial charge in [-0.15, -0.1) is 11.3 Å². The van der Waals surface area contributed by atoms with Crippen molar-refractivity contribution in [3.05, 3.63) is 54.6 Å². The Morgan fingerprint density at radius 1 is 1.30 bits per heavy atom. The number of benzene rings is 1. The van der Waals surface area contributed by atoms with Crippen LogP contribution in [0.4, 0.5) is 8.78 Å². The molecule has 0 aliphatic heterocycles. The Kier molecular flexibility index (Phi) is 5.72. The van der Waals surface area contributed by atoms with Crippen molar-refractivity contribution in [3.8, 4) is 0 Å². The van der Waals surface area contributed by atoms with E-state index in [-0.39, 0.29) is 6.04 Å². The van der Waals surface area contributed by atoms with Crippen LogP contribution in [0.15, 0.2) is 32.5 Å². The van der Waals surface area contributed by atoms with E-state index in [9.17, 15) is 8.78 Å². The van der Waals surface area contributed by atoms with Crippen molar-refractivity contribution in [2.45, 2.75) is 19.4 Å². The van der Waals surface area contributed by atoms with Gasteiger partial charge in [0.25, 0.3) is 0 Å². The molecule has 1 N–H and O–H groups in total. The number of nitrogens with one attached hydrogen (secondary N) is 1. The van der Waals surface area contributed by atoms with Gasteiger partial charge in [-0.3, -0.25) is 0 Å². The molecule has 0 saturated carbocycles. The first-order valence-electron chi connectivity index (χ1n) is 6.14. The first kappa shape index (κ1) is 16.1. The average Bonchev–Trinajstić information content (AvgIpc) is 2.74. The Bertz CT molecular complexity index is 581. The maximum absolute atomic E-state index is 13.8. The Labute approximate surface area is 137 Å². The zero-order valence-corrected chi connectivity index (χ0v) is 14.7. The van der Waals surface area contributed by atoms with Gasteiger partial charge in [-0.1, -0.05) is 19.1 Å². The average molecular weight is 425 g/mol. The van der Waals surface area contributed by atoms with Crippen molar-refractivity contribution in [2.75, 3.05) is 6.54 Å². The van der Waals surface area contributed by atoms with Crippen molar-refractivity contribution >= 4 is 43.2 Å². The highest BCUT2D eigenvalue weighted by molar-refractivity contribution is 9.13. The largest absolute Gasteiger partial charge is 0.309 e. The topological polar surface area (TPSA) is 12.0 Å². The summed E-state index contributed by atoms with van der Waals surface area (Å²) in [6.07, 6.45) is 0.414. The maximum atomic E-state index is 13.8. The van der Waals surface area contributed by atoms with Crippen LogP contribution < -0.4 is 5.32 Å². The van der Waals surface area contributed by atoms with Crippen LogP contribution in [0.3, 0.4) is 0 Å². The second-order valence-corrected chi connectivity index (χ2v) is 7.55. The molecule has 0 bridgehead atoms. The lowest BCUT2D eigenvalue weighted by atomic mass is 10.0. The van der Waals surface area contributed by atoms with Crippen LogP contribution in [0.1, 0.15) is 23.4 Å².